The summed E-state index contributed by atoms with van der Waals surface area (Å²) >= 11 is 5.49. The molecule has 5 heteroatoms. The van der Waals surface area contributed by atoms with Crippen LogP contribution in [0.3, 0.4) is 0 Å². The van der Waals surface area contributed by atoms with Gasteiger partial charge in [0.2, 0.25) is 0 Å². The largest absolute Gasteiger partial charge is 0.454 e. The Labute approximate surface area is 83.5 Å². The van der Waals surface area contributed by atoms with Crippen molar-refractivity contribution in [1.82, 2.24) is 0 Å². The zero-order valence-electron chi connectivity index (χ0n) is 7.15. The molecule has 0 aliphatic heterocycles. The van der Waals surface area contributed by atoms with Gasteiger partial charge < -0.3 is 0 Å². The fourth-order valence-corrected chi connectivity index (χ4v) is 1.16. The van der Waals surface area contributed by atoms with Gasteiger partial charge in [-0.2, -0.15) is 13.2 Å². The standard InChI is InChI=1S/C9H6ClF3O/c1-5-2-3-6(10)4-7(5)8(14)9(11,12)13/h2-4H,1H3. The molecule has 0 unspecified atom stereocenters. The Balaban J connectivity index is 3.19. The summed E-state index contributed by atoms with van der Waals surface area (Å²) < 4.78 is 36.2. The average molecular weight is 223 g/mol. The van der Waals surface area contributed by atoms with Gasteiger partial charge in [0.25, 0.3) is 5.78 Å². The maximum absolute atomic E-state index is 12.1. The summed E-state index contributed by atoms with van der Waals surface area (Å²) in [5.41, 5.74) is -0.137. The third-order valence-corrected chi connectivity index (χ3v) is 1.94. The van der Waals surface area contributed by atoms with E-state index in [-0.39, 0.29) is 10.6 Å². The van der Waals surface area contributed by atoms with Crippen molar-refractivity contribution in [2.75, 3.05) is 0 Å². The minimum atomic E-state index is -4.85. The van der Waals surface area contributed by atoms with Gasteiger partial charge in [-0.1, -0.05) is 17.7 Å². The predicted molar refractivity (Wildman–Crippen MR) is 46.6 cm³/mol. The summed E-state index contributed by atoms with van der Waals surface area (Å²) in [7, 11) is 0. The van der Waals surface area contributed by atoms with E-state index in [1.165, 1.54) is 19.1 Å². The van der Waals surface area contributed by atoms with E-state index in [9.17, 15) is 18.0 Å². The zero-order chi connectivity index (χ0) is 10.9. The van der Waals surface area contributed by atoms with Crippen LogP contribution in [0.5, 0.6) is 0 Å². The number of hydrogen-bond acceptors (Lipinski definition) is 1. The van der Waals surface area contributed by atoms with Crippen LogP contribution in [0.1, 0.15) is 15.9 Å². The molecule has 0 spiro atoms. The molecule has 0 heterocycles. The molecule has 0 aliphatic carbocycles. The Hall–Kier alpha value is -1.03. The van der Waals surface area contributed by atoms with Crippen molar-refractivity contribution >= 4 is 17.4 Å². The molecule has 1 nitrogen and oxygen atoms in total. The number of Topliss-reactive ketones (excluding diaryl/α,β-unsaturated/α-hetero) is 1. The van der Waals surface area contributed by atoms with Gasteiger partial charge in [-0.15, -0.1) is 0 Å². The molecule has 0 atom stereocenters. The predicted octanol–water partition coefficient (Wildman–Crippen LogP) is 3.39. The van der Waals surface area contributed by atoms with E-state index < -0.39 is 17.5 Å². The molecule has 14 heavy (non-hydrogen) atoms. The highest BCUT2D eigenvalue weighted by molar-refractivity contribution is 6.31. The zero-order valence-corrected chi connectivity index (χ0v) is 7.91. The molecule has 0 saturated carbocycles. The number of carbonyl (C=O) groups excluding carboxylic acids is 1. The smallest absolute Gasteiger partial charge is 0.284 e. The molecule has 1 aromatic rings. The summed E-state index contributed by atoms with van der Waals surface area (Å²) in [5.74, 6) is -1.86. The number of hydrogen-bond donors (Lipinski definition) is 0. The monoisotopic (exact) mass is 222 g/mol. The second-order valence-corrected chi connectivity index (χ2v) is 3.22. The maximum atomic E-state index is 12.1. The lowest BCUT2D eigenvalue weighted by Gasteiger charge is -2.07. The summed E-state index contributed by atoms with van der Waals surface area (Å²) in [6.07, 6.45) is -4.85. The van der Waals surface area contributed by atoms with Crippen LogP contribution in [0.25, 0.3) is 0 Å². The fraction of sp³-hybridized carbons (Fsp3) is 0.222. The Kier molecular flexibility index (Phi) is 2.85. The van der Waals surface area contributed by atoms with Gasteiger partial charge in [0.05, 0.1) is 0 Å². The second-order valence-electron chi connectivity index (χ2n) is 2.79. The van der Waals surface area contributed by atoms with Crippen LogP contribution in [-0.4, -0.2) is 12.0 Å². The van der Waals surface area contributed by atoms with Crippen LogP contribution in [-0.2, 0) is 0 Å². The van der Waals surface area contributed by atoms with Gasteiger partial charge in [0.1, 0.15) is 0 Å². The van der Waals surface area contributed by atoms with Crippen molar-refractivity contribution in [3.05, 3.63) is 34.3 Å². The normalized spacial score (nSPS) is 11.5. The molecule has 0 aromatic heterocycles. The molecule has 0 N–H and O–H groups in total. The van der Waals surface area contributed by atoms with Crippen molar-refractivity contribution in [2.24, 2.45) is 0 Å². The first-order valence-electron chi connectivity index (χ1n) is 3.70. The van der Waals surface area contributed by atoms with Crippen molar-refractivity contribution in [3.8, 4) is 0 Å². The summed E-state index contributed by atoms with van der Waals surface area (Å²) in [5, 5.41) is 0.114. The van der Waals surface area contributed by atoms with Crippen LogP contribution in [0.4, 0.5) is 13.2 Å². The number of carbonyl (C=O) groups is 1. The first-order valence-corrected chi connectivity index (χ1v) is 4.08. The molecular weight excluding hydrogens is 217 g/mol. The molecule has 0 saturated heterocycles. The van der Waals surface area contributed by atoms with E-state index in [0.717, 1.165) is 6.07 Å². The van der Waals surface area contributed by atoms with Gasteiger partial charge in [-0.3, -0.25) is 4.79 Å². The lowest BCUT2D eigenvalue weighted by atomic mass is 10.0. The van der Waals surface area contributed by atoms with Crippen LogP contribution in [0.15, 0.2) is 18.2 Å². The molecule has 1 rings (SSSR count). The molecule has 0 amide bonds. The van der Waals surface area contributed by atoms with E-state index in [0.29, 0.717) is 0 Å². The third kappa shape index (κ3) is 2.26. The van der Waals surface area contributed by atoms with Crippen molar-refractivity contribution in [3.63, 3.8) is 0 Å². The number of aryl methyl sites for hydroxylation is 1. The number of rotatable bonds is 1. The number of alkyl halides is 3. The first-order chi connectivity index (χ1) is 6.32. The van der Waals surface area contributed by atoms with E-state index in [1.54, 1.807) is 0 Å². The van der Waals surface area contributed by atoms with E-state index in [4.69, 9.17) is 11.6 Å². The van der Waals surface area contributed by atoms with Crippen LogP contribution in [0.2, 0.25) is 5.02 Å². The molecular formula is C9H6ClF3O. The molecule has 1 aromatic carbocycles. The van der Waals surface area contributed by atoms with Crippen molar-refractivity contribution in [1.29, 1.82) is 0 Å². The minimum Gasteiger partial charge on any atom is -0.284 e. The lowest BCUT2D eigenvalue weighted by Crippen LogP contribution is -2.23. The first kappa shape index (κ1) is 11.0. The van der Waals surface area contributed by atoms with Crippen LogP contribution >= 0.6 is 11.6 Å². The number of ketones is 1. The maximum Gasteiger partial charge on any atom is 0.454 e. The second kappa shape index (κ2) is 3.61. The average Bonchev–Trinajstić information content (AvgIpc) is 2.06. The minimum absolute atomic E-state index is 0.114. The van der Waals surface area contributed by atoms with Gasteiger partial charge in [0, 0.05) is 10.6 Å². The third-order valence-electron chi connectivity index (χ3n) is 1.70. The molecule has 0 aliphatic rings. The lowest BCUT2D eigenvalue weighted by molar-refractivity contribution is -0.0885. The Morgan fingerprint density at radius 1 is 1.36 bits per heavy atom. The molecule has 0 fully saturated rings. The number of benzene rings is 1. The SMILES string of the molecule is Cc1ccc(Cl)cc1C(=O)C(F)(F)F. The van der Waals surface area contributed by atoms with E-state index >= 15 is 0 Å². The molecule has 0 radical (unpaired) electrons. The van der Waals surface area contributed by atoms with E-state index in [1.807, 2.05) is 0 Å². The van der Waals surface area contributed by atoms with Gasteiger partial charge in [0.15, 0.2) is 0 Å². The Bertz CT molecular complexity index is 371. The van der Waals surface area contributed by atoms with Gasteiger partial charge in [-0.05, 0) is 24.6 Å². The van der Waals surface area contributed by atoms with E-state index in [2.05, 4.69) is 0 Å². The highest BCUT2D eigenvalue weighted by atomic mass is 35.5. The Morgan fingerprint density at radius 3 is 2.43 bits per heavy atom. The Morgan fingerprint density at radius 2 is 1.93 bits per heavy atom. The van der Waals surface area contributed by atoms with Crippen LogP contribution < -0.4 is 0 Å². The topological polar surface area (TPSA) is 17.1 Å². The molecule has 76 valence electrons. The summed E-state index contributed by atoms with van der Waals surface area (Å²) in [6, 6.07) is 3.83. The number of halogens is 4. The van der Waals surface area contributed by atoms with Crippen molar-refractivity contribution < 1.29 is 18.0 Å². The fourth-order valence-electron chi connectivity index (χ4n) is 0.992. The molecule has 0 bridgehead atoms. The van der Waals surface area contributed by atoms with Gasteiger partial charge in [-0.25, -0.2) is 0 Å². The van der Waals surface area contributed by atoms with Crippen LogP contribution in [0, 0.1) is 6.92 Å². The summed E-state index contributed by atoms with van der Waals surface area (Å²) in [4.78, 5) is 10.9. The quantitative estimate of drug-likeness (QED) is 0.666. The highest BCUT2D eigenvalue weighted by Gasteiger charge is 2.39. The summed E-state index contributed by atoms with van der Waals surface area (Å²) in [6.45, 7) is 1.43. The van der Waals surface area contributed by atoms with Crippen molar-refractivity contribution in [2.45, 2.75) is 13.1 Å². The highest BCUT2D eigenvalue weighted by Crippen LogP contribution is 2.25. The van der Waals surface area contributed by atoms with Gasteiger partial charge >= 0.3 is 6.18 Å².